The molecule has 0 radical (unpaired) electrons. The second kappa shape index (κ2) is 3.99. The average Bonchev–Trinajstić information content (AvgIpc) is 2.29. The van der Waals surface area contributed by atoms with E-state index in [0.29, 0.717) is 11.1 Å². The van der Waals surface area contributed by atoms with Gasteiger partial charge in [-0.05, 0) is 17.9 Å². The van der Waals surface area contributed by atoms with Crippen molar-refractivity contribution in [3.05, 3.63) is 29.0 Å². The first kappa shape index (κ1) is 10.7. The van der Waals surface area contributed by atoms with Crippen LogP contribution in [0.3, 0.4) is 0 Å². The van der Waals surface area contributed by atoms with Crippen LogP contribution in [0.25, 0.3) is 5.76 Å². The van der Waals surface area contributed by atoms with Gasteiger partial charge in [0, 0.05) is 18.2 Å². The molecule has 1 heterocycles. The standard InChI is InChI=1S/C11H8N2O2S/c1-16-10-3-7-6(5-13-10)2-9(14)8(4-12)11(7)15/h3,5,15H,2H2,1H3. The summed E-state index contributed by atoms with van der Waals surface area (Å²) in [6.07, 6.45) is 3.57. The van der Waals surface area contributed by atoms with Gasteiger partial charge in [-0.1, -0.05) is 0 Å². The summed E-state index contributed by atoms with van der Waals surface area (Å²) < 4.78 is 0. The zero-order valence-corrected chi connectivity index (χ0v) is 9.34. The number of carbonyl (C=O) groups excluding carboxylic acids is 1. The summed E-state index contributed by atoms with van der Waals surface area (Å²) in [5, 5.41) is 19.3. The quantitative estimate of drug-likeness (QED) is 0.746. The molecular weight excluding hydrogens is 224 g/mol. The molecule has 5 heteroatoms. The van der Waals surface area contributed by atoms with Gasteiger partial charge in [-0.3, -0.25) is 4.79 Å². The molecule has 0 fully saturated rings. The molecule has 0 aromatic carbocycles. The van der Waals surface area contributed by atoms with Crippen LogP contribution in [0, 0.1) is 11.3 Å². The third-order valence-electron chi connectivity index (χ3n) is 2.40. The Balaban J connectivity index is 2.64. The van der Waals surface area contributed by atoms with E-state index in [1.165, 1.54) is 11.8 Å². The maximum Gasteiger partial charge on any atom is 0.181 e. The summed E-state index contributed by atoms with van der Waals surface area (Å²) in [5.41, 5.74) is 1.04. The van der Waals surface area contributed by atoms with Gasteiger partial charge in [0.05, 0.1) is 5.03 Å². The number of rotatable bonds is 1. The van der Waals surface area contributed by atoms with Crippen LogP contribution < -0.4 is 0 Å². The molecule has 16 heavy (non-hydrogen) atoms. The molecule has 80 valence electrons. The maximum atomic E-state index is 11.5. The Hall–Kier alpha value is -1.80. The average molecular weight is 232 g/mol. The molecule has 0 spiro atoms. The Morgan fingerprint density at radius 2 is 2.38 bits per heavy atom. The lowest BCUT2D eigenvalue weighted by atomic mass is 9.92. The Morgan fingerprint density at radius 1 is 1.62 bits per heavy atom. The van der Waals surface area contributed by atoms with Gasteiger partial charge in [-0.25, -0.2) is 4.98 Å². The van der Waals surface area contributed by atoms with E-state index in [9.17, 15) is 9.90 Å². The molecule has 0 saturated carbocycles. The van der Waals surface area contributed by atoms with Crippen molar-refractivity contribution in [2.75, 3.05) is 6.26 Å². The molecule has 0 unspecified atom stereocenters. The largest absolute Gasteiger partial charge is 0.506 e. The summed E-state index contributed by atoms with van der Waals surface area (Å²) in [6.45, 7) is 0. The van der Waals surface area contributed by atoms with Gasteiger partial charge in [0.15, 0.2) is 5.78 Å². The van der Waals surface area contributed by atoms with Gasteiger partial charge < -0.3 is 5.11 Å². The molecule has 1 aromatic heterocycles. The molecule has 0 atom stereocenters. The molecule has 1 aromatic rings. The van der Waals surface area contributed by atoms with Crippen LogP contribution in [0.2, 0.25) is 0 Å². The number of nitrogens with zero attached hydrogens (tertiary/aromatic N) is 2. The second-order valence-corrected chi connectivity index (χ2v) is 4.15. The van der Waals surface area contributed by atoms with E-state index in [4.69, 9.17) is 5.26 Å². The number of allylic oxidation sites excluding steroid dienone is 1. The van der Waals surface area contributed by atoms with Crippen molar-refractivity contribution in [2.24, 2.45) is 0 Å². The lowest BCUT2D eigenvalue weighted by Gasteiger charge is -2.15. The molecule has 4 nitrogen and oxygen atoms in total. The van der Waals surface area contributed by atoms with Crippen LogP contribution in [0.1, 0.15) is 11.1 Å². The number of aliphatic hydroxyl groups is 1. The molecular formula is C11H8N2O2S. The number of nitriles is 1. The smallest absolute Gasteiger partial charge is 0.181 e. The minimum absolute atomic E-state index is 0.129. The van der Waals surface area contributed by atoms with Gasteiger partial charge in [0.2, 0.25) is 0 Å². The van der Waals surface area contributed by atoms with E-state index in [2.05, 4.69) is 4.98 Å². The Morgan fingerprint density at radius 3 is 3.00 bits per heavy atom. The fraction of sp³-hybridized carbons (Fsp3) is 0.182. The number of hydrogen-bond acceptors (Lipinski definition) is 5. The fourth-order valence-corrected chi connectivity index (χ4v) is 1.97. The summed E-state index contributed by atoms with van der Waals surface area (Å²) in [7, 11) is 0. The van der Waals surface area contributed by atoms with Crippen LogP contribution in [-0.4, -0.2) is 22.1 Å². The first-order valence-electron chi connectivity index (χ1n) is 4.57. The zero-order chi connectivity index (χ0) is 11.7. The van der Waals surface area contributed by atoms with Crippen molar-refractivity contribution in [3.63, 3.8) is 0 Å². The molecule has 1 N–H and O–H groups in total. The SMILES string of the molecule is CSc1cc2c(cn1)CC(=O)C(C#N)=C2O. The number of Topliss-reactive ketones (excluding diaryl/α,β-unsaturated/α-hetero) is 1. The number of ketones is 1. The van der Waals surface area contributed by atoms with Gasteiger partial charge in [-0.15, -0.1) is 11.8 Å². The molecule has 1 aliphatic rings. The first-order valence-corrected chi connectivity index (χ1v) is 5.79. The number of aliphatic hydroxyl groups excluding tert-OH is 1. The molecule has 0 bridgehead atoms. The Kier molecular flexibility index (Phi) is 2.67. The molecule has 0 amide bonds. The highest BCUT2D eigenvalue weighted by Gasteiger charge is 2.25. The predicted octanol–water partition coefficient (Wildman–Crippen LogP) is 1.72. The minimum atomic E-state index is -0.355. The van der Waals surface area contributed by atoms with Crippen molar-refractivity contribution >= 4 is 23.3 Å². The van der Waals surface area contributed by atoms with E-state index in [0.717, 1.165) is 5.03 Å². The van der Waals surface area contributed by atoms with E-state index in [-0.39, 0.29) is 23.5 Å². The number of pyridine rings is 1. The van der Waals surface area contributed by atoms with Crippen molar-refractivity contribution in [2.45, 2.75) is 11.4 Å². The van der Waals surface area contributed by atoms with Crippen LogP contribution >= 0.6 is 11.8 Å². The highest BCUT2D eigenvalue weighted by atomic mass is 32.2. The lowest BCUT2D eigenvalue weighted by Crippen LogP contribution is -2.15. The molecule has 2 rings (SSSR count). The molecule has 0 aliphatic heterocycles. The Bertz CT molecular complexity index is 543. The first-order chi connectivity index (χ1) is 7.67. The number of fused-ring (bicyclic) bond motifs is 1. The summed E-state index contributed by atoms with van der Waals surface area (Å²) in [6, 6.07) is 3.43. The van der Waals surface area contributed by atoms with Gasteiger partial charge in [0.25, 0.3) is 0 Å². The van der Waals surface area contributed by atoms with E-state index in [1.807, 2.05) is 6.26 Å². The lowest BCUT2D eigenvalue weighted by molar-refractivity contribution is -0.114. The minimum Gasteiger partial charge on any atom is -0.506 e. The third kappa shape index (κ3) is 1.57. The fourth-order valence-electron chi connectivity index (χ4n) is 1.58. The summed E-state index contributed by atoms with van der Waals surface area (Å²) in [4.78, 5) is 15.6. The van der Waals surface area contributed by atoms with Gasteiger partial charge in [-0.2, -0.15) is 5.26 Å². The van der Waals surface area contributed by atoms with Crippen molar-refractivity contribution < 1.29 is 9.90 Å². The van der Waals surface area contributed by atoms with E-state index < -0.39 is 0 Å². The Labute approximate surface area is 96.6 Å². The number of aromatic nitrogens is 1. The molecule has 0 saturated heterocycles. The maximum absolute atomic E-state index is 11.5. The van der Waals surface area contributed by atoms with E-state index >= 15 is 0 Å². The van der Waals surface area contributed by atoms with Crippen molar-refractivity contribution in [3.8, 4) is 6.07 Å². The number of thioether (sulfide) groups is 1. The monoisotopic (exact) mass is 232 g/mol. The van der Waals surface area contributed by atoms with E-state index in [1.54, 1.807) is 18.3 Å². The van der Waals surface area contributed by atoms with Gasteiger partial charge >= 0.3 is 0 Å². The van der Waals surface area contributed by atoms with Crippen molar-refractivity contribution in [1.29, 1.82) is 5.26 Å². The third-order valence-corrected chi connectivity index (χ3v) is 3.05. The van der Waals surface area contributed by atoms with Crippen LogP contribution in [-0.2, 0) is 11.2 Å². The van der Waals surface area contributed by atoms with Crippen LogP contribution in [0.5, 0.6) is 0 Å². The van der Waals surface area contributed by atoms with Crippen molar-refractivity contribution in [1.82, 2.24) is 4.98 Å². The zero-order valence-electron chi connectivity index (χ0n) is 8.52. The van der Waals surface area contributed by atoms with Crippen LogP contribution in [0.4, 0.5) is 0 Å². The summed E-state index contributed by atoms with van der Waals surface area (Å²) in [5.74, 6) is -0.586. The highest BCUT2D eigenvalue weighted by molar-refractivity contribution is 7.98. The van der Waals surface area contributed by atoms with Gasteiger partial charge in [0.1, 0.15) is 17.4 Å². The number of carbonyl (C=O) groups is 1. The molecule has 1 aliphatic carbocycles. The highest BCUT2D eigenvalue weighted by Crippen LogP contribution is 2.29. The predicted molar refractivity (Wildman–Crippen MR) is 59.9 cm³/mol. The normalized spacial score (nSPS) is 14.6. The summed E-state index contributed by atoms with van der Waals surface area (Å²) >= 11 is 1.44. The second-order valence-electron chi connectivity index (χ2n) is 3.32. The van der Waals surface area contributed by atoms with Crippen LogP contribution in [0.15, 0.2) is 22.9 Å². The number of hydrogen-bond donors (Lipinski definition) is 1. The topological polar surface area (TPSA) is 74.0 Å².